The zero-order valence-corrected chi connectivity index (χ0v) is 18.6. The molecule has 2 aromatic carbocycles. The highest BCUT2D eigenvalue weighted by Gasteiger charge is 2.27. The Bertz CT molecular complexity index is 1080. The highest BCUT2D eigenvalue weighted by atomic mass is 19.1. The van der Waals surface area contributed by atoms with Crippen LogP contribution in [0.3, 0.4) is 0 Å². The maximum Gasteiger partial charge on any atom is 0.263 e. The lowest BCUT2D eigenvalue weighted by molar-refractivity contribution is -0.138. The molecule has 2 heterocycles. The van der Waals surface area contributed by atoms with E-state index in [1.54, 1.807) is 19.1 Å². The molecule has 1 atom stereocenters. The second kappa shape index (κ2) is 9.34. The Morgan fingerprint density at radius 3 is 2.28 bits per heavy atom. The molecule has 1 unspecified atom stereocenters. The highest BCUT2D eigenvalue weighted by Crippen LogP contribution is 2.23. The van der Waals surface area contributed by atoms with E-state index in [1.165, 1.54) is 18.5 Å². The monoisotopic (exact) mass is 434 g/mol. The first-order valence-corrected chi connectivity index (χ1v) is 10.8. The summed E-state index contributed by atoms with van der Waals surface area (Å²) in [5.74, 6) is 1.22. The SMILES string of the molecule is Cc1cc(C)cc(OC(C)C(=O)N2CCN(c3cc(-c4ccc(F)cc4)ncn3)CC2)c1. The van der Waals surface area contributed by atoms with Crippen LogP contribution in [0, 0.1) is 19.7 Å². The van der Waals surface area contributed by atoms with Crippen LogP contribution in [-0.4, -0.2) is 53.1 Å². The smallest absolute Gasteiger partial charge is 0.263 e. The fourth-order valence-electron chi connectivity index (χ4n) is 3.97. The molecular formula is C25H27FN4O2. The Morgan fingerprint density at radius 1 is 0.969 bits per heavy atom. The van der Waals surface area contributed by atoms with Crippen molar-refractivity contribution in [3.63, 3.8) is 0 Å². The molecule has 1 fully saturated rings. The Balaban J connectivity index is 1.37. The van der Waals surface area contributed by atoms with Gasteiger partial charge >= 0.3 is 0 Å². The number of anilines is 1. The van der Waals surface area contributed by atoms with E-state index in [1.807, 2.05) is 36.9 Å². The number of ether oxygens (including phenoxy) is 1. The predicted octanol–water partition coefficient (Wildman–Crippen LogP) is 4.02. The lowest BCUT2D eigenvalue weighted by Gasteiger charge is -2.36. The summed E-state index contributed by atoms with van der Waals surface area (Å²) in [6.45, 7) is 8.35. The summed E-state index contributed by atoms with van der Waals surface area (Å²) >= 11 is 0. The number of amides is 1. The molecule has 0 N–H and O–H groups in total. The molecule has 1 aromatic heterocycles. The average molecular weight is 435 g/mol. The van der Waals surface area contributed by atoms with Crippen LogP contribution in [-0.2, 0) is 4.79 Å². The van der Waals surface area contributed by atoms with E-state index in [4.69, 9.17) is 4.74 Å². The molecule has 4 rings (SSSR count). The number of halogens is 1. The molecule has 0 aliphatic carbocycles. The van der Waals surface area contributed by atoms with E-state index < -0.39 is 6.10 Å². The molecule has 0 bridgehead atoms. The number of piperazine rings is 1. The number of nitrogens with zero attached hydrogens (tertiary/aromatic N) is 4. The third kappa shape index (κ3) is 5.04. The lowest BCUT2D eigenvalue weighted by atomic mass is 10.1. The predicted molar refractivity (Wildman–Crippen MR) is 122 cm³/mol. The van der Waals surface area contributed by atoms with Gasteiger partial charge in [0.05, 0.1) is 5.69 Å². The van der Waals surface area contributed by atoms with Crippen molar-refractivity contribution in [1.29, 1.82) is 0 Å². The second-order valence-corrected chi connectivity index (χ2v) is 8.16. The summed E-state index contributed by atoms with van der Waals surface area (Å²) in [5.41, 5.74) is 3.79. The van der Waals surface area contributed by atoms with Crippen molar-refractivity contribution < 1.29 is 13.9 Å². The van der Waals surface area contributed by atoms with Gasteiger partial charge in [0.25, 0.3) is 5.91 Å². The van der Waals surface area contributed by atoms with E-state index in [2.05, 4.69) is 20.9 Å². The molecule has 1 aliphatic heterocycles. The van der Waals surface area contributed by atoms with Crippen molar-refractivity contribution in [2.75, 3.05) is 31.1 Å². The van der Waals surface area contributed by atoms with Crippen LogP contribution in [0.1, 0.15) is 18.1 Å². The third-order valence-corrected chi connectivity index (χ3v) is 5.56. The number of carbonyl (C=O) groups is 1. The van der Waals surface area contributed by atoms with Gasteiger partial charge in [0.15, 0.2) is 6.10 Å². The lowest BCUT2D eigenvalue weighted by Crippen LogP contribution is -2.52. The van der Waals surface area contributed by atoms with Gasteiger partial charge in [-0.3, -0.25) is 4.79 Å². The number of benzene rings is 2. The van der Waals surface area contributed by atoms with Crippen LogP contribution in [0.25, 0.3) is 11.3 Å². The van der Waals surface area contributed by atoms with Crippen LogP contribution in [0.15, 0.2) is 54.9 Å². The molecule has 1 saturated heterocycles. The first kappa shape index (κ1) is 21.7. The summed E-state index contributed by atoms with van der Waals surface area (Å²) in [7, 11) is 0. The molecule has 6 nitrogen and oxygen atoms in total. The summed E-state index contributed by atoms with van der Waals surface area (Å²) < 4.78 is 19.1. The summed E-state index contributed by atoms with van der Waals surface area (Å²) in [5, 5.41) is 0. The van der Waals surface area contributed by atoms with Crippen LogP contribution in [0.5, 0.6) is 5.75 Å². The minimum absolute atomic E-state index is 0.0153. The zero-order chi connectivity index (χ0) is 22.7. The van der Waals surface area contributed by atoms with Crippen molar-refractivity contribution in [3.05, 3.63) is 71.8 Å². The molecule has 7 heteroatoms. The van der Waals surface area contributed by atoms with E-state index in [0.29, 0.717) is 26.2 Å². The van der Waals surface area contributed by atoms with Crippen molar-refractivity contribution in [2.45, 2.75) is 26.9 Å². The highest BCUT2D eigenvalue weighted by molar-refractivity contribution is 5.81. The number of rotatable bonds is 5. The first-order valence-electron chi connectivity index (χ1n) is 10.8. The summed E-state index contributed by atoms with van der Waals surface area (Å²) in [4.78, 5) is 25.6. The molecule has 0 spiro atoms. The Kier molecular flexibility index (Phi) is 6.35. The van der Waals surface area contributed by atoms with Gasteiger partial charge in [-0.15, -0.1) is 0 Å². The standard InChI is InChI=1S/C25H27FN4O2/c1-17-12-18(2)14-22(13-17)32-19(3)25(31)30-10-8-29(9-11-30)24-15-23(27-16-28-24)20-4-6-21(26)7-5-20/h4-7,12-16,19H,8-11H2,1-3H3. The third-order valence-electron chi connectivity index (χ3n) is 5.56. The number of aromatic nitrogens is 2. The second-order valence-electron chi connectivity index (χ2n) is 8.16. The van der Waals surface area contributed by atoms with Gasteiger partial charge in [-0.25, -0.2) is 14.4 Å². The molecule has 0 saturated carbocycles. The van der Waals surface area contributed by atoms with Gasteiger partial charge in [-0.1, -0.05) is 6.07 Å². The summed E-state index contributed by atoms with van der Waals surface area (Å²) in [6.07, 6.45) is 0.970. The van der Waals surface area contributed by atoms with Crippen molar-refractivity contribution in [3.8, 4) is 17.0 Å². The van der Waals surface area contributed by atoms with Gasteiger partial charge in [-0.05, 0) is 68.3 Å². The maximum absolute atomic E-state index is 13.2. The molecular weight excluding hydrogens is 407 g/mol. The van der Waals surface area contributed by atoms with E-state index >= 15 is 0 Å². The first-order chi connectivity index (χ1) is 15.4. The molecule has 1 amide bonds. The molecule has 3 aromatic rings. The molecule has 1 aliphatic rings. The number of aryl methyl sites for hydroxylation is 2. The minimum atomic E-state index is -0.549. The van der Waals surface area contributed by atoms with Gasteiger partial charge in [-0.2, -0.15) is 0 Å². The fourth-order valence-corrected chi connectivity index (χ4v) is 3.97. The summed E-state index contributed by atoms with van der Waals surface area (Å²) in [6, 6.07) is 14.1. The van der Waals surface area contributed by atoms with Gasteiger partial charge < -0.3 is 14.5 Å². The Hall–Kier alpha value is -3.48. The van der Waals surface area contributed by atoms with Gasteiger partial charge in [0, 0.05) is 37.8 Å². The number of hydrogen-bond donors (Lipinski definition) is 0. The minimum Gasteiger partial charge on any atom is -0.481 e. The van der Waals surface area contributed by atoms with E-state index in [9.17, 15) is 9.18 Å². The molecule has 166 valence electrons. The van der Waals surface area contributed by atoms with Gasteiger partial charge in [0.1, 0.15) is 23.7 Å². The van der Waals surface area contributed by atoms with Crippen LogP contribution in [0.2, 0.25) is 0 Å². The van der Waals surface area contributed by atoms with Crippen molar-refractivity contribution >= 4 is 11.7 Å². The van der Waals surface area contributed by atoms with Gasteiger partial charge in [0.2, 0.25) is 0 Å². The van der Waals surface area contributed by atoms with Crippen LogP contribution >= 0.6 is 0 Å². The van der Waals surface area contributed by atoms with Crippen LogP contribution < -0.4 is 9.64 Å². The number of carbonyl (C=O) groups excluding carboxylic acids is 1. The fraction of sp³-hybridized carbons (Fsp3) is 0.320. The normalized spacial score (nSPS) is 14.9. The Labute approximate surface area is 187 Å². The number of hydrogen-bond acceptors (Lipinski definition) is 5. The maximum atomic E-state index is 13.2. The topological polar surface area (TPSA) is 58.6 Å². The quantitative estimate of drug-likeness (QED) is 0.607. The Morgan fingerprint density at radius 2 is 1.62 bits per heavy atom. The van der Waals surface area contributed by atoms with E-state index in [0.717, 1.165) is 34.0 Å². The van der Waals surface area contributed by atoms with Crippen molar-refractivity contribution in [2.24, 2.45) is 0 Å². The zero-order valence-electron chi connectivity index (χ0n) is 18.6. The largest absolute Gasteiger partial charge is 0.481 e. The average Bonchev–Trinajstić information content (AvgIpc) is 2.78. The van der Waals surface area contributed by atoms with Crippen molar-refractivity contribution in [1.82, 2.24) is 14.9 Å². The van der Waals surface area contributed by atoms with E-state index in [-0.39, 0.29) is 11.7 Å². The molecule has 0 radical (unpaired) electrons. The van der Waals surface area contributed by atoms with Crippen LogP contribution in [0.4, 0.5) is 10.2 Å². The molecule has 32 heavy (non-hydrogen) atoms.